The molecule has 1 aromatic rings. The van der Waals surface area contributed by atoms with E-state index >= 15 is 0 Å². The molecule has 1 rings (SSSR count). The lowest BCUT2D eigenvalue weighted by Gasteiger charge is -2.44. The van der Waals surface area contributed by atoms with Gasteiger partial charge in [0.15, 0.2) is 0 Å². The smallest absolute Gasteiger partial charge is 0.250 e. The molecule has 0 spiro atoms. The van der Waals surface area contributed by atoms with Gasteiger partial charge >= 0.3 is 0 Å². The molecule has 3 nitrogen and oxygen atoms in total. The van der Waals surface area contributed by atoms with E-state index in [4.69, 9.17) is 4.84 Å². The Morgan fingerprint density at radius 3 is 2.00 bits per heavy atom. The normalized spacial score (nSPS) is 11.7. The van der Waals surface area contributed by atoms with E-state index in [1.807, 2.05) is 12.1 Å². The van der Waals surface area contributed by atoms with E-state index in [0.29, 0.717) is 23.0 Å². The third-order valence-electron chi connectivity index (χ3n) is 5.51. The molecule has 0 fully saturated rings. The summed E-state index contributed by atoms with van der Waals surface area (Å²) in [5.41, 5.74) is 6.56. The standard InChI is InChI=1S/C22H35NO2Si/c1-17(2)26(18(3)4,19(5)6)21(20-13-10-9-11-14-20)15-12-16-22(24)23(7)25-8/h9-14,17-19H,16H2,1-8H3. The molecular weight excluding hydrogens is 338 g/mol. The first kappa shape index (κ1) is 22.4. The Labute approximate surface area is 160 Å². The van der Waals surface area contributed by atoms with E-state index in [9.17, 15) is 4.79 Å². The highest BCUT2D eigenvalue weighted by molar-refractivity contribution is 6.99. The maximum absolute atomic E-state index is 12.1. The molecule has 0 aliphatic heterocycles. The largest absolute Gasteiger partial charge is 0.275 e. The number of hydrogen-bond acceptors (Lipinski definition) is 2. The van der Waals surface area contributed by atoms with Crippen LogP contribution in [0.5, 0.6) is 0 Å². The summed E-state index contributed by atoms with van der Waals surface area (Å²) in [6, 6.07) is 10.6. The predicted molar refractivity (Wildman–Crippen MR) is 113 cm³/mol. The third kappa shape index (κ3) is 4.76. The van der Waals surface area contributed by atoms with Gasteiger partial charge in [-0.15, -0.1) is 5.73 Å². The van der Waals surface area contributed by atoms with Gasteiger partial charge in [0.05, 0.1) is 13.5 Å². The molecule has 4 heteroatoms. The average Bonchev–Trinajstić information content (AvgIpc) is 2.59. The number of carbonyl (C=O) groups is 1. The molecule has 0 saturated heterocycles. The van der Waals surface area contributed by atoms with Gasteiger partial charge in [-0.25, -0.2) is 5.06 Å². The summed E-state index contributed by atoms with van der Waals surface area (Å²) in [5.74, 6) is -0.0710. The van der Waals surface area contributed by atoms with Gasteiger partial charge in [-0.05, 0) is 33.5 Å². The Balaban J connectivity index is 3.55. The lowest BCUT2D eigenvalue weighted by molar-refractivity contribution is -0.167. The van der Waals surface area contributed by atoms with Crippen molar-refractivity contribution in [2.24, 2.45) is 0 Å². The summed E-state index contributed by atoms with van der Waals surface area (Å²) in [4.78, 5) is 17.0. The van der Waals surface area contributed by atoms with Crippen LogP contribution in [0.2, 0.25) is 16.6 Å². The topological polar surface area (TPSA) is 29.5 Å². The highest BCUT2D eigenvalue weighted by Crippen LogP contribution is 2.49. The average molecular weight is 374 g/mol. The van der Waals surface area contributed by atoms with Gasteiger partial charge in [-0.1, -0.05) is 71.9 Å². The van der Waals surface area contributed by atoms with Crippen molar-refractivity contribution >= 4 is 19.2 Å². The number of hydroxylamine groups is 2. The fourth-order valence-electron chi connectivity index (χ4n) is 4.40. The second-order valence-corrected chi connectivity index (χ2v) is 13.6. The molecule has 0 N–H and O–H groups in total. The van der Waals surface area contributed by atoms with Crippen LogP contribution in [0.15, 0.2) is 42.1 Å². The molecule has 1 amide bonds. The minimum atomic E-state index is -1.89. The number of amides is 1. The first-order chi connectivity index (χ1) is 12.2. The van der Waals surface area contributed by atoms with Crippen LogP contribution in [-0.2, 0) is 9.63 Å². The molecule has 0 atom stereocenters. The van der Waals surface area contributed by atoms with E-state index < -0.39 is 8.07 Å². The maximum Gasteiger partial charge on any atom is 0.250 e. The Kier molecular flexibility index (Phi) is 8.55. The summed E-state index contributed by atoms with van der Waals surface area (Å²) in [5, 5.41) is 2.59. The quantitative estimate of drug-likeness (QED) is 0.325. The van der Waals surface area contributed by atoms with Crippen molar-refractivity contribution in [2.75, 3.05) is 14.2 Å². The van der Waals surface area contributed by atoms with Crippen molar-refractivity contribution in [2.45, 2.75) is 64.6 Å². The lowest BCUT2D eigenvalue weighted by Crippen LogP contribution is -2.45. The lowest BCUT2D eigenvalue weighted by atomic mass is 10.2. The van der Waals surface area contributed by atoms with E-state index in [-0.39, 0.29) is 5.91 Å². The third-order valence-corrected chi connectivity index (χ3v) is 12.5. The van der Waals surface area contributed by atoms with Crippen molar-refractivity contribution in [1.29, 1.82) is 0 Å². The van der Waals surface area contributed by atoms with Crippen LogP contribution in [0, 0.1) is 0 Å². The van der Waals surface area contributed by atoms with Gasteiger partial charge in [-0.2, -0.15) is 0 Å². The summed E-state index contributed by atoms with van der Waals surface area (Å²) in [7, 11) is 1.25. The van der Waals surface area contributed by atoms with Crippen molar-refractivity contribution in [3.05, 3.63) is 47.7 Å². The Morgan fingerprint density at radius 1 is 1.08 bits per heavy atom. The van der Waals surface area contributed by atoms with Crippen molar-refractivity contribution in [3.63, 3.8) is 0 Å². The minimum absolute atomic E-state index is 0.0710. The molecule has 1 aromatic carbocycles. The fourth-order valence-corrected chi connectivity index (χ4v) is 11.2. The summed E-state index contributed by atoms with van der Waals surface area (Å²) in [6.07, 6.45) is 2.18. The monoisotopic (exact) mass is 373 g/mol. The first-order valence-corrected chi connectivity index (χ1v) is 11.7. The molecule has 0 bridgehead atoms. The number of rotatable bonds is 8. The predicted octanol–water partition coefficient (Wildman–Crippen LogP) is 5.85. The first-order valence-electron chi connectivity index (χ1n) is 9.51. The summed E-state index contributed by atoms with van der Waals surface area (Å²) in [6.45, 7) is 14.1. The summed E-state index contributed by atoms with van der Waals surface area (Å²) < 4.78 is 0. The van der Waals surface area contributed by atoms with Crippen molar-refractivity contribution < 1.29 is 9.63 Å². The van der Waals surface area contributed by atoms with Gasteiger partial charge in [0.2, 0.25) is 5.91 Å². The van der Waals surface area contributed by atoms with Crippen LogP contribution < -0.4 is 0 Å². The van der Waals surface area contributed by atoms with Gasteiger partial charge in [-0.3, -0.25) is 9.63 Å². The van der Waals surface area contributed by atoms with Crippen molar-refractivity contribution in [3.8, 4) is 0 Å². The number of benzene rings is 1. The fraction of sp³-hybridized carbons (Fsp3) is 0.545. The molecule has 0 radical (unpaired) electrons. The molecular formula is C22H35NO2Si. The van der Waals surface area contributed by atoms with E-state index in [0.717, 1.165) is 0 Å². The van der Waals surface area contributed by atoms with Gasteiger partial charge in [0, 0.05) is 7.05 Å². The van der Waals surface area contributed by atoms with Crippen LogP contribution >= 0.6 is 0 Å². The second-order valence-electron chi connectivity index (χ2n) is 7.76. The highest BCUT2D eigenvalue weighted by atomic mass is 28.3. The zero-order chi connectivity index (χ0) is 19.9. The highest BCUT2D eigenvalue weighted by Gasteiger charge is 2.46. The second kappa shape index (κ2) is 9.91. The molecule has 0 aromatic heterocycles. The molecule has 0 aliphatic carbocycles. The molecule has 144 valence electrons. The summed E-state index contributed by atoms with van der Waals surface area (Å²) >= 11 is 0. The molecule has 0 heterocycles. The number of nitrogens with zero attached hydrogens (tertiary/aromatic N) is 1. The van der Waals surface area contributed by atoms with E-state index in [1.54, 1.807) is 7.05 Å². The van der Waals surface area contributed by atoms with Gasteiger partial charge in [0.1, 0.15) is 8.07 Å². The van der Waals surface area contributed by atoms with Crippen LogP contribution in [-0.4, -0.2) is 33.2 Å². The van der Waals surface area contributed by atoms with Gasteiger partial charge in [0.25, 0.3) is 0 Å². The van der Waals surface area contributed by atoms with Crippen molar-refractivity contribution in [1.82, 2.24) is 5.06 Å². The van der Waals surface area contributed by atoms with Crippen LogP contribution in [0.1, 0.15) is 53.5 Å². The van der Waals surface area contributed by atoms with Gasteiger partial charge < -0.3 is 0 Å². The zero-order valence-corrected chi connectivity index (χ0v) is 18.7. The van der Waals surface area contributed by atoms with E-state index in [1.165, 1.54) is 22.9 Å². The molecule has 0 saturated carbocycles. The zero-order valence-electron chi connectivity index (χ0n) is 17.7. The molecule has 0 unspecified atom stereocenters. The maximum atomic E-state index is 12.1. The molecule has 26 heavy (non-hydrogen) atoms. The Hall–Kier alpha value is -1.61. The van der Waals surface area contributed by atoms with Crippen LogP contribution in [0.3, 0.4) is 0 Å². The Bertz CT molecular complexity index is 622. The number of carbonyl (C=O) groups excluding carboxylic acids is 1. The van der Waals surface area contributed by atoms with Crippen LogP contribution in [0.25, 0.3) is 5.20 Å². The SMILES string of the molecule is CON(C)C(=O)CC=C=C(c1ccccc1)[Si](C(C)C)(C(C)C)C(C)C. The van der Waals surface area contributed by atoms with E-state index in [2.05, 4.69) is 71.5 Å². The van der Waals surface area contributed by atoms with Crippen LogP contribution in [0.4, 0.5) is 0 Å². The molecule has 0 aliphatic rings. The minimum Gasteiger partial charge on any atom is -0.275 e. The Morgan fingerprint density at radius 2 is 1.58 bits per heavy atom. The number of hydrogen-bond donors (Lipinski definition) is 0.